The maximum absolute atomic E-state index is 6.16. The Morgan fingerprint density at radius 3 is 2.50 bits per heavy atom. The van der Waals surface area contributed by atoms with Crippen LogP contribution in [0.2, 0.25) is 0 Å². The van der Waals surface area contributed by atoms with Crippen LogP contribution in [0.3, 0.4) is 0 Å². The van der Waals surface area contributed by atoms with Gasteiger partial charge in [0.05, 0.1) is 6.04 Å². The maximum Gasteiger partial charge on any atom is 0.114 e. The SMILES string of the molecule is CSc1ccc(C(N)c2ncc(C)s2)cc1. The summed E-state index contributed by atoms with van der Waals surface area (Å²) >= 11 is 3.39. The van der Waals surface area contributed by atoms with E-state index >= 15 is 0 Å². The van der Waals surface area contributed by atoms with E-state index in [1.54, 1.807) is 23.1 Å². The fourth-order valence-electron chi connectivity index (χ4n) is 1.47. The number of thiazole rings is 1. The highest BCUT2D eigenvalue weighted by Crippen LogP contribution is 2.25. The van der Waals surface area contributed by atoms with Crippen molar-refractivity contribution >= 4 is 23.1 Å². The molecule has 0 saturated heterocycles. The lowest BCUT2D eigenvalue weighted by Crippen LogP contribution is -2.11. The van der Waals surface area contributed by atoms with Crippen molar-refractivity contribution in [2.45, 2.75) is 17.9 Å². The van der Waals surface area contributed by atoms with E-state index in [0.717, 1.165) is 10.6 Å². The standard InChI is InChI=1S/C12H14N2S2/c1-8-7-14-12(16-8)11(13)9-3-5-10(15-2)6-4-9/h3-7,11H,13H2,1-2H3. The molecule has 1 heterocycles. The summed E-state index contributed by atoms with van der Waals surface area (Å²) in [7, 11) is 0. The molecule has 1 unspecified atom stereocenters. The molecule has 16 heavy (non-hydrogen) atoms. The van der Waals surface area contributed by atoms with Crippen molar-refractivity contribution in [3.63, 3.8) is 0 Å². The molecule has 0 aliphatic heterocycles. The van der Waals surface area contributed by atoms with Gasteiger partial charge in [-0.15, -0.1) is 23.1 Å². The van der Waals surface area contributed by atoms with Crippen LogP contribution >= 0.6 is 23.1 Å². The third-order valence-electron chi connectivity index (χ3n) is 2.38. The molecule has 0 aliphatic rings. The zero-order valence-corrected chi connectivity index (χ0v) is 10.9. The summed E-state index contributed by atoms with van der Waals surface area (Å²) < 4.78 is 0. The van der Waals surface area contributed by atoms with Crippen LogP contribution in [0.15, 0.2) is 35.4 Å². The van der Waals surface area contributed by atoms with Gasteiger partial charge in [0.2, 0.25) is 0 Å². The summed E-state index contributed by atoms with van der Waals surface area (Å²) in [5, 5.41) is 0.981. The molecule has 2 rings (SSSR count). The minimum Gasteiger partial charge on any atom is -0.318 e. The maximum atomic E-state index is 6.16. The Labute approximate surface area is 104 Å². The van der Waals surface area contributed by atoms with Gasteiger partial charge in [0, 0.05) is 16.0 Å². The number of aryl methyl sites for hydroxylation is 1. The monoisotopic (exact) mass is 250 g/mol. The third kappa shape index (κ3) is 2.45. The van der Waals surface area contributed by atoms with Crippen molar-refractivity contribution in [3.05, 3.63) is 45.9 Å². The molecule has 2 aromatic rings. The molecule has 0 amide bonds. The zero-order valence-electron chi connectivity index (χ0n) is 9.31. The van der Waals surface area contributed by atoms with Crippen molar-refractivity contribution in [2.24, 2.45) is 5.73 Å². The van der Waals surface area contributed by atoms with Gasteiger partial charge < -0.3 is 5.73 Å². The van der Waals surface area contributed by atoms with Gasteiger partial charge in [-0.3, -0.25) is 0 Å². The summed E-state index contributed by atoms with van der Waals surface area (Å²) in [6, 6.07) is 8.25. The Morgan fingerprint density at radius 1 is 1.31 bits per heavy atom. The largest absolute Gasteiger partial charge is 0.318 e. The minimum absolute atomic E-state index is 0.102. The second kappa shape index (κ2) is 4.99. The molecule has 0 radical (unpaired) electrons. The molecule has 2 N–H and O–H groups in total. The highest BCUT2D eigenvalue weighted by atomic mass is 32.2. The fourth-order valence-corrected chi connectivity index (χ4v) is 2.68. The van der Waals surface area contributed by atoms with Crippen LogP contribution in [0.25, 0.3) is 0 Å². The molecule has 1 atom stereocenters. The summed E-state index contributed by atoms with van der Waals surface area (Å²) in [5.74, 6) is 0. The summed E-state index contributed by atoms with van der Waals surface area (Å²) in [4.78, 5) is 6.78. The van der Waals surface area contributed by atoms with Crippen LogP contribution in [-0.2, 0) is 0 Å². The number of rotatable bonds is 3. The average molecular weight is 250 g/mol. The molecule has 1 aromatic heterocycles. The first-order valence-corrected chi connectivity index (χ1v) is 7.06. The molecule has 2 nitrogen and oxygen atoms in total. The lowest BCUT2D eigenvalue weighted by Gasteiger charge is -2.09. The molecule has 4 heteroatoms. The molecule has 0 saturated carbocycles. The Bertz CT molecular complexity index is 462. The van der Waals surface area contributed by atoms with Gasteiger partial charge in [0.15, 0.2) is 0 Å². The van der Waals surface area contributed by atoms with E-state index in [2.05, 4.69) is 35.5 Å². The van der Waals surface area contributed by atoms with Crippen LogP contribution in [-0.4, -0.2) is 11.2 Å². The fraction of sp³-hybridized carbons (Fsp3) is 0.250. The Kier molecular flexibility index (Phi) is 3.63. The van der Waals surface area contributed by atoms with Crippen LogP contribution in [0, 0.1) is 6.92 Å². The van der Waals surface area contributed by atoms with E-state index in [1.165, 1.54) is 9.77 Å². The van der Waals surface area contributed by atoms with Crippen LogP contribution in [0.5, 0.6) is 0 Å². The molecular formula is C12H14N2S2. The number of nitrogens with zero attached hydrogens (tertiary/aromatic N) is 1. The zero-order chi connectivity index (χ0) is 11.5. The lowest BCUT2D eigenvalue weighted by molar-refractivity contribution is 0.856. The number of hydrogen-bond acceptors (Lipinski definition) is 4. The summed E-state index contributed by atoms with van der Waals surface area (Å²) in [5.41, 5.74) is 7.28. The highest BCUT2D eigenvalue weighted by molar-refractivity contribution is 7.98. The first-order valence-electron chi connectivity index (χ1n) is 5.02. The Balaban J connectivity index is 2.23. The van der Waals surface area contributed by atoms with E-state index < -0.39 is 0 Å². The number of thioether (sulfide) groups is 1. The van der Waals surface area contributed by atoms with E-state index in [0.29, 0.717) is 0 Å². The van der Waals surface area contributed by atoms with Crippen molar-refractivity contribution < 1.29 is 0 Å². The second-order valence-corrected chi connectivity index (χ2v) is 5.71. The molecular weight excluding hydrogens is 236 g/mol. The number of hydrogen-bond donors (Lipinski definition) is 1. The third-order valence-corrected chi connectivity index (χ3v) is 4.12. The molecule has 1 aromatic carbocycles. The van der Waals surface area contributed by atoms with Crippen LogP contribution < -0.4 is 5.73 Å². The predicted octanol–water partition coefficient (Wildman–Crippen LogP) is 3.22. The van der Waals surface area contributed by atoms with Crippen LogP contribution in [0.4, 0.5) is 0 Å². The Hall–Kier alpha value is -0.840. The first-order chi connectivity index (χ1) is 7.70. The molecule has 0 aliphatic carbocycles. The van der Waals surface area contributed by atoms with Crippen molar-refractivity contribution in [1.82, 2.24) is 4.98 Å². The van der Waals surface area contributed by atoms with Gasteiger partial charge in [-0.1, -0.05) is 12.1 Å². The van der Waals surface area contributed by atoms with Gasteiger partial charge >= 0.3 is 0 Å². The van der Waals surface area contributed by atoms with Gasteiger partial charge in [-0.25, -0.2) is 4.98 Å². The average Bonchev–Trinajstić information content (AvgIpc) is 2.75. The van der Waals surface area contributed by atoms with Crippen molar-refractivity contribution in [3.8, 4) is 0 Å². The molecule has 0 spiro atoms. The van der Waals surface area contributed by atoms with Gasteiger partial charge in [0.1, 0.15) is 5.01 Å². The normalized spacial score (nSPS) is 12.7. The van der Waals surface area contributed by atoms with E-state index in [-0.39, 0.29) is 6.04 Å². The quantitative estimate of drug-likeness (QED) is 0.850. The summed E-state index contributed by atoms with van der Waals surface area (Å²) in [6.07, 6.45) is 3.94. The van der Waals surface area contributed by atoms with E-state index in [9.17, 15) is 0 Å². The topological polar surface area (TPSA) is 38.9 Å². The lowest BCUT2D eigenvalue weighted by atomic mass is 10.1. The van der Waals surface area contributed by atoms with Crippen LogP contribution in [0.1, 0.15) is 21.5 Å². The van der Waals surface area contributed by atoms with Crippen molar-refractivity contribution in [2.75, 3.05) is 6.26 Å². The number of benzene rings is 1. The number of nitrogens with two attached hydrogens (primary N) is 1. The minimum atomic E-state index is -0.102. The second-order valence-electron chi connectivity index (χ2n) is 3.56. The van der Waals surface area contributed by atoms with Gasteiger partial charge in [0.25, 0.3) is 0 Å². The number of aromatic nitrogens is 1. The van der Waals surface area contributed by atoms with Crippen molar-refractivity contribution in [1.29, 1.82) is 0 Å². The smallest absolute Gasteiger partial charge is 0.114 e. The predicted molar refractivity (Wildman–Crippen MR) is 71.1 cm³/mol. The van der Waals surface area contributed by atoms with Gasteiger partial charge in [-0.2, -0.15) is 0 Å². The summed E-state index contributed by atoms with van der Waals surface area (Å²) in [6.45, 7) is 2.05. The van der Waals surface area contributed by atoms with E-state index in [1.807, 2.05) is 13.1 Å². The van der Waals surface area contributed by atoms with Gasteiger partial charge in [-0.05, 0) is 30.9 Å². The highest BCUT2D eigenvalue weighted by Gasteiger charge is 2.12. The molecule has 0 bridgehead atoms. The first kappa shape index (κ1) is 11.6. The molecule has 0 fully saturated rings. The Morgan fingerprint density at radius 2 is 2.00 bits per heavy atom. The molecule has 84 valence electrons. The van der Waals surface area contributed by atoms with E-state index in [4.69, 9.17) is 5.73 Å².